The molecule has 0 aromatic rings. The molecular weight excluding hydrogens is 375 g/mol. The van der Waals surface area contributed by atoms with Crippen molar-refractivity contribution in [3.8, 4) is 0 Å². The third-order valence-electron chi connectivity index (χ3n) is 3.42. The smallest absolute Gasteiger partial charge is 0.192 e. The van der Waals surface area contributed by atoms with Gasteiger partial charge in [-0.05, 0) is 42.0 Å². The molecule has 0 N–H and O–H groups in total. The van der Waals surface area contributed by atoms with Gasteiger partial charge >= 0.3 is 0 Å². The number of hydrogen-bond acceptors (Lipinski definition) is 1. The fourth-order valence-corrected chi connectivity index (χ4v) is 3.04. The van der Waals surface area contributed by atoms with Gasteiger partial charge < -0.3 is 4.43 Å². The van der Waals surface area contributed by atoms with Gasteiger partial charge in [0.05, 0.1) is 6.10 Å². The highest BCUT2D eigenvalue weighted by Gasteiger charge is 2.38. The molecule has 0 aromatic carbocycles. The first-order chi connectivity index (χ1) is 8.10. The maximum absolute atomic E-state index is 6.44. The van der Waals surface area contributed by atoms with E-state index in [1.165, 1.54) is 0 Å². The molecule has 0 aliphatic heterocycles. The molecule has 0 aromatic heterocycles. The molecule has 0 bridgehead atoms. The lowest BCUT2D eigenvalue weighted by atomic mass is 10.2. The normalized spacial score (nSPS) is 16.3. The molecule has 18 heavy (non-hydrogen) atoms. The van der Waals surface area contributed by atoms with Crippen LogP contribution in [0, 0.1) is 0 Å². The predicted octanol–water partition coefficient (Wildman–Crippen LogP) is 6.25. The molecule has 106 valence electrons. The molecule has 0 aliphatic carbocycles. The second-order valence-corrected chi connectivity index (χ2v) is 12.2. The molecule has 0 heterocycles. The SMILES string of the molecule is C/C(Cl)=C\C[C@H](C/C=C\I)O[Si](C)(C)C(C)(C)C. The maximum atomic E-state index is 6.44. The Morgan fingerprint density at radius 2 is 1.89 bits per heavy atom. The summed E-state index contributed by atoms with van der Waals surface area (Å²) in [5.74, 6) is 0. The minimum absolute atomic E-state index is 0.241. The second kappa shape index (κ2) is 8.07. The standard InChI is InChI=1S/C14H26ClIOSi/c1-12(15)9-10-13(8-7-11-16)17-18(5,6)14(2,3)4/h7,9,11,13H,8,10H2,1-6H3/b11-7-,12-9+/t13-/m0/s1. The molecule has 0 amide bonds. The lowest BCUT2D eigenvalue weighted by molar-refractivity contribution is 0.186. The van der Waals surface area contributed by atoms with Gasteiger partial charge in [-0.25, -0.2) is 0 Å². The van der Waals surface area contributed by atoms with Gasteiger partial charge in [0, 0.05) is 5.03 Å². The number of hydrogen-bond donors (Lipinski definition) is 0. The Morgan fingerprint density at radius 1 is 1.33 bits per heavy atom. The summed E-state index contributed by atoms with van der Waals surface area (Å²) < 4.78 is 8.49. The van der Waals surface area contributed by atoms with Crippen molar-refractivity contribution in [1.82, 2.24) is 0 Å². The van der Waals surface area contributed by atoms with E-state index in [4.69, 9.17) is 16.0 Å². The van der Waals surface area contributed by atoms with Crippen LogP contribution in [0.3, 0.4) is 0 Å². The molecule has 0 saturated carbocycles. The van der Waals surface area contributed by atoms with Gasteiger partial charge in [-0.3, -0.25) is 0 Å². The van der Waals surface area contributed by atoms with Crippen LogP contribution in [-0.2, 0) is 4.43 Å². The highest BCUT2D eigenvalue weighted by molar-refractivity contribution is 14.1. The Labute approximate surface area is 132 Å². The van der Waals surface area contributed by atoms with E-state index in [1.54, 1.807) is 0 Å². The molecule has 0 unspecified atom stereocenters. The zero-order chi connectivity index (χ0) is 14.4. The molecule has 0 saturated heterocycles. The van der Waals surface area contributed by atoms with Crippen molar-refractivity contribution in [1.29, 1.82) is 0 Å². The van der Waals surface area contributed by atoms with Crippen LogP contribution in [0.5, 0.6) is 0 Å². The van der Waals surface area contributed by atoms with E-state index in [1.807, 2.05) is 6.92 Å². The first kappa shape index (κ1) is 18.7. The fraction of sp³-hybridized carbons (Fsp3) is 0.714. The van der Waals surface area contributed by atoms with Crippen LogP contribution in [0.4, 0.5) is 0 Å². The molecule has 1 nitrogen and oxygen atoms in total. The van der Waals surface area contributed by atoms with Crippen molar-refractivity contribution < 1.29 is 4.43 Å². The summed E-state index contributed by atoms with van der Waals surface area (Å²) in [6.45, 7) is 13.3. The van der Waals surface area contributed by atoms with Crippen molar-refractivity contribution >= 4 is 42.5 Å². The second-order valence-electron chi connectivity index (χ2n) is 6.12. The van der Waals surface area contributed by atoms with E-state index in [-0.39, 0.29) is 11.1 Å². The van der Waals surface area contributed by atoms with E-state index in [2.05, 4.69) is 72.7 Å². The molecule has 0 fully saturated rings. The predicted molar refractivity (Wildman–Crippen MR) is 94.1 cm³/mol. The van der Waals surface area contributed by atoms with Gasteiger partial charge in [0.1, 0.15) is 0 Å². The van der Waals surface area contributed by atoms with E-state index in [9.17, 15) is 0 Å². The summed E-state index contributed by atoms with van der Waals surface area (Å²) >= 11 is 8.16. The van der Waals surface area contributed by atoms with Gasteiger partial charge in [-0.1, -0.05) is 67.1 Å². The largest absolute Gasteiger partial charge is 0.413 e. The average molecular weight is 401 g/mol. The molecular formula is C14H26ClIOSi. The van der Waals surface area contributed by atoms with Crippen molar-refractivity contribution in [3.63, 3.8) is 0 Å². The monoisotopic (exact) mass is 400 g/mol. The highest BCUT2D eigenvalue weighted by Crippen LogP contribution is 2.38. The topological polar surface area (TPSA) is 9.23 Å². The fourth-order valence-electron chi connectivity index (χ4n) is 1.28. The van der Waals surface area contributed by atoms with Crippen LogP contribution < -0.4 is 0 Å². The van der Waals surface area contributed by atoms with Gasteiger partial charge in [0.25, 0.3) is 0 Å². The van der Waals surface area contributed by atoms with E-state index >= 15 is 0 Å². The average Bonchev–Trinajstić information content (AvgIpc) is 2.20. The lowest BCUT2D eigenvalue weighted by Gasteiger charge is -2.39. The minimum Gasteiger partial charge on any atom is -0.413 e. The van der Waals surface area contributed by atoms with E-state index < -0.39 is 8.32 Å². The lowest BCUT2D eigenvalue weighted by Crippen LogP contribution is -2.43. The Hall–Kier alpha value is 0.677. The molecule has 0 spiro atoms. The number of rotatable bonds is 6. The summed E-state index contributed by atoms with van der Waals surface area (Å²) in [5, 5.41) is 1.09. The molecule has 1 atom stereocenters. The maximum Gasteiger partial charge on any atom is 0.192 e. The van der Waals surface area contributed by atoms with E-state index in [0.717, 1.165) is 17.9 Å². The van der Waals surface area contributed by atoms with E-state index in [0.29, 0.717) is 0 Å². The van der Waals surface area contributed by atoms with Crippen LogP contribution in [-0.4, -0.2) is 14.4 Å². The zero-order valence-electron chi connectivity index (χ0n) is 12.4. The first-order valence-corrected chi connectivity index (χ1v) is 10.9. The number of halogens is 2. The van der Waals surface area contributed by atoms with Gasteiger partial charge in [0.2, 0.25) is 0 Å². The first-order valence-electron chi connectivity index (χ1n) is 6.35. The summed E-state index contributed by atoms with van der Waals surface area (Å²) in [6.07, 6.45) is 6.31. The number of allylic oxidation sites excluding steroid dienone is 1. The molecule has 0 aliphatic rings. The van der Waals surface area contributed by atoms with Gasteiger partial charge in [-0.15, -0.1) is 0 Å². The van der Waals surface area contributed by atoms with Crippen LogP contribution >= 0.6 is 34.2 Å². The Morgan fingerprint density at radius 3 is 2.28 bits per heavy atom. The van der Waals surface area contributed by atoms with Gasteiger partial charge in [0.15, 0.2) is 8.32 Å². The van der Waals surface area contributed by atoms with Crippen LogP contribution in [0.1, 0.15) is 40.5 Å². The van der Waals surface area contributed by atoms with Gasteiger partial charge in [-0.2, -0.15) is 0 Å². The van der Waals surface area contributed by atoms with Crippen molar-refractivity contribution in [2.75, 3.05) is 0 Å². The summed E-state index contributed by atoms with van der Waals surface area (Å²) in [7, 11) is -1.70. The van der Waals surface area contributed by atoms with Crippen molar-refractivity contribution in [2.45, 2.75) is 64.8 Å². The quantitative estimate of drug-likeness (QED) is 0.378. The molecule has 4 heteroatoms. The summed E-state index contributed by atoms with van der Waals surface area (Å²) in [6, 6.07) is 0. The zero-order valence-corrected chi connectivity index (χ0v) is 16.3. The van der Waals surface area contributed by atoms with Crippen LogP contribution in [0.2, 0.25) is 18.1 Å². The molecule has 0 rings (SSSR count). The van der Waals surface area contributed by atoms with Crippen molar-refractivity contribution in [2.24, 2.45) is 0 Å². The Kier molecular flexibility index (Phi) is 8.38. The van der Waals surface area contributed by atoms with Crippen LogP contribution in [0.15, 0.2) is 21.3 Å². The third-order valence-corrected chi connectivity index (χ3v) is 8.62. The summed E-state index contributed by atoms with van der Waals surface area (Å²) in [5.41, 5.74) is 0. The third kappa shape index (κ3) is 7.31. The minimum atomic E-state index is -1.70. The Bertz CT molecular complexity index is 301. The molecule has 0 radical (unpaired) electrons. The highest BCUT2D eigenvalue weighted by atomic mass is 127. The Balaban J connectivity index is 4.72. The van der Waals surface area contributed by atoms with Crippen LogP contribution in [0.25, 0.3) is 0 Å². The summed E-state index contributed by atoms with van der Waals surface area (Å²) in [4.78, 5) is 0. The van der Waals surface area contributed by atoms with Crippen molar-refractivity contribution in [3.05, 3.63) is 21.3 Å².